The van der Waals surface area contributed by atoms with Gasteiger partial charge in [0.25, 0.3) is 0 Å². The topological polar surface area (TPSA) is 46.2 Å². The van der Waals surface area contributed by atoms with Gasteiger partial charge in [0.05, 0.1) is 9.92 Å². The largest absolute Gasteiger partial charge is 0.240 e. The molecular weight excluding hydrogens is 289 g/mol. The van der Waals surface area contributed by atoms with E-state index in [0.717, 1.165) is 17.7 Å². The molecule has 0 aliphatic rings. The highest BCUT2D eigenvalue weighted by Gasteiger charge is 2.15. The Kier molecular flexibility index (Phi) is 4.19. The van der Waals surface area contributed by atoms with Crippen molar-refractivity contribution in [1.82, 2.24) is 4.72 Å². The van der Waals surface area contributed by atoms with Crippen LogP contribution in [0.4, 0.5) is 4.39 Å². The van der Waals surface area contributed by atoms with Crippen molar-refractivity contribution in [1.29, 1.82) is 0 Å². The lowest BCUT2D eigenvalue weighted by Gasteiger charge is -2.07. The fourth-order valence-electron chi connectivity index (χ4n) is 1.50. The van der Waals surface area contributed by atoms with Crippen LogP contribution in [0.1, 0.15) is 5.56 Å². The molecule has 2 aromatic rings. The van der Waals surface area contributed by atoms with Gasteiger partial charge in [-0.3, -0.25) is 0 Å². The summed E-state index contributed by atoms with van der Waals surface area (Å²) in [5.41, 5.74) is 0.833. The standard InChI is InChI=1S/C13H11ClFNO2S/c14-12-8-11(6-7-13(12)15)19(17,18)16-9-10-4-2-1-3-5-10/h1-8,16H,9H2. The van der Waals surface area contributed by atoms with Gasteiger partial charge in [-0.05, 0) is 23.8 Å². The highest BCUT2D eigenvalue weighted by molar-refractivity contribution is 7.89. The Morgan fingerprint density at radius 2 is 1.79 bits per heavy atom. The van der Waals surface area contributed by atoms with Gasteiger partial charge in [0.2, 0.25) is 10.0 Å². The van der Waals surface area contributed by atoms with Gasteiger partial charge in [-0.2, -0.15) is 0 Å². The normalized spacial score (nSPS) is 11.5. The van der Waals surface area contributed by atoms with Gasteiger partial charge in [-0.15, -0.1) is 0 Å². The van der Waals surface area contributed by atoms with Gasteiger partial charge in [0.15, 0.2) is 0 Å². The van der Waals surface area contributed by atoms with Crippen LogP contribution in [-0.4, -0.2) is 8.42 Å². The lowest BCUT2D eigenvalue weighted by Crippen LogP contribution is -2.23. The van der Waals surface area contributed by atoms with Crippen molar-refractivity contribution in [2.75, 3.05) is 0 Å². The highest BCUT2D eigenvalue weighted by atomic mass is 35.5. The molecule has 0 atom stereocenters. The van der Waals surface area contributed by atoms with Gasteiger partial charge in [0.1, 0.15) is 5.82 Å². The predicted molar refractivity (Wildman–Crippen MR) is 71.9 cm³/mol. The Labute approximate surface area is 116 Å². The Balaban J connectivity index is 2.16. The minimum atomic E-state index is -3.70. The quantitative estimate of drug-likeness (QED) is 0.943. The molecule has 0 saturated carbocycles. The predicted octanol–water partition coefficient (Wildman–Crippen LogP) is 2.96. The van der Waals surface area contributed by atoms with Crippen molar-refractivity contribution in [2.24, 2.45) is 0 Å². The molecule has 0 bridgehead atoms. The van der Waals surface area contributed by atoms with E-state index in [9.17, 15) is 12.8 Å². The van der Waals surface area contributed by atoms with E-state index in [1.807, 2.05) is 18.2 Å². The summed E-state index contributed by atoms with van der Waals surface area (Å²) >= 11 is 5.57. The molecule has 1 N–H and O–H groups in total. The van der Waals surface area contributed by atoms with Crippen LogP contribution in [0.3, 0.4) is 0 Å². The van der Waals surface area contributed by atoms with Gasteiger partial charge < -0.3 is 0 Å². The summed E-state index contributed by atoms with van der Waals surface area (Å²) in [5, 5.41) is -0.220. The van der Waals surface area contributed by atoms with Crippen molar-refractivity contribution in [2.45, 2.75) is 11.4 Å². The second kappa shape index (κ2) is 5.69. The minimum Gasteiger partial charge on any atom is -0.207 e. The molecule has 0 heterocycles. The average Bonchev–Trinajstić information content (AvgIpc) is 2.41. The minimum absolute atomic E-state index is 0.0603. The van der Waals surface area contributed by atoms with Crippen molar-refractivity contribution in [3.8, 4) is 0 Å². The summed E-state index contributed by atoms with van der Waals surface area (Å²) in [6.07, 6.45) is 0. The van der Waals surface area contributed by atoms with Gasteiger partial charge in [-0.1, -0.05) is 41.9 Å². The molecule has 2 rings (SSSR count). The third-order valence-electron chi connectivity index (χ3n) is 2.51. The van der Waals surface area contributed by atoms with Gasteiger partial charge in [0, 0.05) is 6.54 Å². The molecule has 0 fully saturated rings. The maximum Gasteiger partial charge on any atom is 0.240 e. The van der Waals surface area contributed by atoms with Crippen LogP contribution in [0.2, 0.25) is 5.02 Å². The van der Waals surface area contributed by atoms with E-state index in [-0.39, 0.29) is 16.5 Å². The number of hydrogen-bond donors (Lipinski definition) is 1. The van der Waals surface area contributed by atoms with E-state index in [4.69, 9.17) is 11.6 Å². The van der Waals surface area contributed by atoms with Crippen molar-refractivity contribution < 1.29 is 12.8 Å². The van der Waals surface area contributed by atoms with E-state index >= 15 is 0 Å². The van der Waals surface area contributed by atoms with E-state index in [2.05, 4.69) is 4.72 Å². The smallest absolute Gasteiger partial charge is 0.207 e. The summed E-state index contributed by atoms with van der Waals surface area (Å²) < 4.78 is 39.4. The Morgan fingerprint density at radius 3 is 2.42 bits per heavy atom. The number of sulfonamides is 1. The Morgan fingerprint density at radius 1 is 1.11 bits per heavy atom. The summed E-state index contributed by atoms with van der Waals surface area (Å²) in [7, 11) is -3.70. The van der Waals surface area contributed by atoms with Crippen LogP contribution in [0, 0.1) is 5.82 Å². The van der Waals surface area contributed by atoms with Crippen molar-refractivity contribution in [3.63, 3.8) is 0 Å². The molecule has 100 valence electrons. The first kappa shape index (κ1) is 14.0. The zero-order valence-corrected chi connectivity index (χ0v) is 11.4. The Bertz CT molecular complexity index is 674. The van der Waals surface area contributed by atoms with Crippen LogP contribution in [-0.2, 0) is 16.6 Å². The number of halogens is 2. The molecule has 0 spiro atoms. The molecule has 0 aliphatic heterocycles. The van der Waals surface area contributed by atoms with Crippen LogP contribution in [0.15, 0.2) is 53.4 Å². The van der Waals surface area contributed by atoms with Crippen LogP contribution in [0.5, 0.6) is 0 Å². The molecule has 6 heteroatoms. The molecule has 0 radical (unpaired) electrons. The molecule has 0 aliphatic carbocycles. The number of hydrogen-bond acceptors (Lipinski definition) is 2. The molecule has 3 nitrogen and oxygen atoms in total. The van der Waals surface area contributed by atoms with E-state index < -0.39 is 15.8 Å². The number of benzene rings is 2. The summed E-state index contributed by atoms with van der Waals surface area (Å²) in [4.78, 5) is -0.0603. The second-order valence-electron chi connectivity index (χ2n) is 3.89. The summed E-state index contributed by atoms with van der Waals surface area (Å²) in [5.74, 6) is -0.649. The second-order valence-corrected chi connectivity index (χ2v) is 6.06. The molecule has 0 unspecified atom stereocenters. The maximum atomic E-state index is 13.0. The van der Waals surface area contributed by atoms with Crippen LogP contribution < -0.4 is 4.72 Å². The van der Waals surface area contributed by atoms with Crippen LogP contribution >= 0.6 is 11.6 Å². The molecule has 19 heavy (non-hydrogen) atoms. The highest BCUT2D eigenvalue weighted by Crippen LogP contribution is 2.19. The van der Waals surface area contributed by atoms with Crippen LogP contribution in [0.25, 0.3) is 0 Å². The van der Waals surface area contributed by atoms with E-state index in [1.165, 1.54) is 6.07 Å². The maximum absolute atomic E-state index is 13.0. The fourth-order valence-corrected chi connectivity index (χ4v) is 2.79. The van der Waals surface area contributed by atoms with E-state index in [0.29, 0.717) is 0 Å². The van der Waals surface area contributed by atoms with Crippen molar-refractivity contribution in [3.05, 3.63) is 64.9 Å². The first-order valence-corrected chi connectivity index (χ1v) is 7.34. The lowest BCUT2D eigenvalue weighted by molar-refractivity contribution is 0.580. The molecular formula is C13H11ClFNO2S. The molecule has 0 amide bonds. The van der Waals surface area contributed by atoms with E-state index in [1.54, 1.807) is 12.1 Å². The molecule has 0 aromatic heterocycles. The SMILES string of the molecule is O=S(=O)(NCc1ccccc1)c1ccc(F)c(Cl)c1. The van der Waals surface area contributed by atoms with Gasteiger partial charge >= 0.3 is 0 Å². The summed E-state index contributed by atoms with van der Waals surface area (Å²) in [6, 6.07) is 12.4. The van der Waals surface area contributed by atoms with Gasteiger partial charge in [-0.25, -0.2) is 17.5 Å². The lowest BCUT2D eigenvalue weighted by atomic mass is 10.2. The zero-order valence-electron chi connectivity index (χ0n) is 9.81. The fraction of sp³-hybridized carbons (Fsp3) is 0.0769. The number of nitrogens with one attached hydrogen (secondary N) is 1. The summed E-state index contributed by atoms with van der Waals surface area (Å²) in [6.45, 7) is 0.165. The average molecular weight is 300 g/mol. The Hall–Kier alpha value is -1.43. The third kappa shape index (κ3) is 3.53. The monoisotopic (exact) mass is 299 g/mol. The zero-order chi connectivity index (χ0) is 13.9. The third-order valence-corrected chi connectivity index (χ3v) is 4.20. The van der Waals surface area contributed by atoms with Crippen molar-refractivity contribution >= 4 is 21.6 Å². The molecule has 0 saturated heterocycles. The first-order valence-electron chi connectivity index (χ1n) is 5.48. The number of rotatable bonds is 4. The first-order chi connectivity index (χ1) is 8.99. The molecule has 2 aromatic carbocycles.